The molecule has 0 saturated carbocycles. The summed E-state index contributed by atoms with van der Waals surface area (Å²) >= 11 is 0. The van der Waals surface area contributed by atoms with Crippen molar-refractivity contribution in [1.29, 1.82) is 0 Å². The normalized spacial score (nSPS) is 11.9. The van der Waals surface area contributed by atoms with Crippen molar-refractivity contribution < 1.29 is 9.90 Å². The zero-order valence-corrected chi connectivity index (χ0v) is 9.28. The summed E-state index contributed by atoms with van der Waals surface area (Å²) < 4.78 is 0. The molecule has 1 amide bonds. The number of terminal acetylenes is 1. The third-order valence-corrected chi connectivity index (χ3v) is 2.12. The predicted molar refractivity (Wildman–Crippen MR) is 60.0 cm³/mol. The van der Waals surface area contributed by atoms with Crippen molar-refractivity contribution in [2.45, 2.75) is 32.2 Å². The topological polar surface area (TPSA) is 66.6 Å². The Labute approximate surface area is 91.4 Å². The lowest BCUT2D eigenvalue weighted by molar-refractivity contribution is -0.133. The third kappa shape index (κ3) is 5.40. The number of carbonyl (C=O) groups excluding carboxylic acids is 1. The van der Waals surface area contributed by atoms with E-state index < -0.39 is 6.04 Å². The molecule has 0 radical (unpaired) electrons. The standard InChI is InChI=1S/C11H20N2O2/c1-3-5-7-13(8-9-14)11(15)10(12)6-4-2/h2,10,14H,3,5-9,12H2,1H3. The molecular formula is C11H20N2O2. The van der Waals surface area contributed by atoms with Crippen LogP contribution in [0.1, 0.15) is 26.2 Å². The van der Waals surface area contributed by atoms with Gasteiger partial charge in [-0.25, -0.2) is 0 Å². The smallest absolute Gasteiger partial charge is 0.240 e. The fourth-order valence-corrected chi connectivity index (χ4v) is 1.25. The van der Waals surface area contributed by atoms with E-state index in [2.05, 4.69) is 5.92 Å². The van der Waals surface area contributed by atoms with E-state index in [0.29, 0.717) is 13.1 Å². The molecule has 1 atom stereocenters. The first kappa shape index (κ1) is 13.9. The first-order valence-electron chi connectivity index (χ1n) is 5.26. The van der Waals surface area contributed by atoms with Crippen LogP contribution in [0.2, 0.25) is 0 Å². The molecule has 0 aliphatic heterocycles. The van der Waals surface area contributed by atoms with Crippen molar-refractivity contribution in [2.75, 3.05) is 19.7 Å². The van der Waals surface area contributed by atoms with Crippen molar-refractivity contribution in [3.8, 4) is 12.3 Å². The highest BCUT2D eigenvalue weighted by molar-refractivity contribution is 5.81. The molecule has 0 aromatic carbocycles. The van der Waals surface area contributed by atoms with Crippen LogP contribution >= 0.6 is 0 Å². The molecule has 0 spiro atoms. The molecule has 0 rings (SSSR count). The van der Waals surface area contributed by atoms with Crippen molar-refractivity contribution in [2.24, 2.45) is 5.73 Å². The van der Waals surface area contributed by atoms with Gasteiger partial charge in [0.25, 0.3) is 0 Å². The molecule has 4 heteroatoms. The predicted octanol–water partition coefficient (Wildman–Crippen LogP) is -0.0420. The molecule has 0 saturated heterocycles. The first-order valence-corrected chi connectivity index (χ1v) is 5.26. The van der Waals surface area contributed by atoms with Crippen LogP contribution in [0.5, 0.6) is 0 Å². The van der Waals surface area contributed by atoms with E-state index in [1.165, 1.54) is 0 Å². The Hall–Kier alpha value is -1.05. The van der Waals surface area contributed by atoms with E-state index in [0.717, 1.165) is 12.8 Å². The van der Waals surface area contributed by atoms with E-state index in [1.54, 1.807) is 4.90 Å². The number of nitrogens with zero attached hydrogens (tertiary/aromatic N) is 1. The number of amides is 1. The van der Waals surface area contributed by atoms with E-state index >= 15 is 0 Å². The highest BCUT2D eigenvalue weighted by Gasteiger charge is 2.18. The fourth-order valence-electron chi connectivity index (χ4n) is 1.25. The lowest BCUT2D eigenvalue weighted by Crippen LogP contribution is -2.45. The summed E-state index contributed by atoms with van der Waals surface area (Å²) in [7, 11) is 0. The van der Waals surface area contributed by atoms with Gasteiger partial charge in [-0.3, -0.25) is 4.79 Å². The Kier molecular flexibility index (Phi) is 7.69. The maximum absolute atomic E-state index is 11.7. The Morgan fingerprint density at radius 1 is 1.60 bits per heavy atom. The molecule has 0 aliphatic carbocycles. The van der Waals surface area contributed by atoms with E-state index in [-0.39, 0.29) is 18.9 Å². The maximum atomic E-state index is 11.7. The van der Waals surface area contributed by atoms with Crippen LogP contribution in [-0.4, -0.2) is 41.7 Å². The average Bonchev–Trinajstić information content (AvgIpc) is 2.23. The van der Waals surface area contributed by atoms with Crippen LogP contribution in [-0.2, 0) is 4.79 Å². The van der Waals surface area contributed by atoms with Crippen molar-refractivity contribution in [3.05, 3.63) is 0 Å². The number of hydrogen-bond donors (Lipinski definition) is 2. The molecule has 4 nitrogen and oxygen atoms in total. The minimum Gasteiger partial charge on any atom is -0.395 e. The van der Waals surface area contributed by atoms with Gasteiger partial charge in [0.2, 0.25) is 5.91 Å². The zero-order valence-electron chi connectivity index (χ0n) is 9.28. The average molecular weight is 212 g/mol. The van der Waals surface area contributed by atoms with Gasteiger partial charge in [0.15, 0.2) is 0 Å². The summed E-state index contributed by atoms with van der Waals surface area (Å²) in [5.41, 5.74) is 5.62. The quantitative estimate of drug-likeness (QED) is 0.582. The van der Waals surface area contributed by atoms with Gasteiger partial charge in [-0.2, -0.15) is 0 Å². The second-order valence-corrected chi connectivity index (χ2v) is 3.42. The number of aliphatic hydroxyl groups is 1. The molecule has 0 aromatic rings. The first-order chi connectivity index (χ1) is 7.17. The number of hydrogen-bond acceptors (Lipinski definition) is 3. The molecule has 0 fully saturated rings. The molecule has 3 N–H and O–H groups in total. The van der Waals surface area contributed by atoms with Crippen LogP contribution in [0.3, 0.4) is 0 Å². The monoisotopic (exact) mass is 212 g/mol. The molecule has 0 aromatic heterocycles. The van der Waals surface area contributed by atoms with Gasteiger partial charge >= 0.3 is 0 Å². The summed E-state index contributed by atoms with van der Waals surface area (Å²) in [5.74, 6) is 2.20. The van der Waals surface area contributed by atoms with E-state index in [4.69, 9.17) is 17.3 Å². The second kappa shape index (κ2) is 8.27. The van der Waals surface area contributed by atoms with Crippen molar-refractivity contribution in [3.63, 3.8) is 0 Å². The molecule has 0 heterocycles. The number of rotatable bonds is 7. The Morgan fingerprint density at radius 2 is 2.27 bits per heavy atom. The lowest BCUT2D eigenvalue weighted by Gasteiger charge is -2.24. The highest BCUT2D eigenvalue weighted by Crippen LogP contribution is 2.00. The third-order valence-electron chi connectivity index (χ3n) is 2.12. The number of carbonyl (C=O) groups is 1. The van der Waals surface area contributed by atoms with Gasteiger partial charge in [-0.15, -0.1) is 12.3 Å². The molecule has 15 heavy (non-hydrogen) atoms. The Bertz CT molecular complexity index is 223. The summed E-state index contributed by atoms with van der Waals surface area (Å²) in [4.78, 5) is 13.3. The summed E-state index contributed by atoms with van der Waals surface area (Å²) in [6.45, 7) is 2.96. The van der Waals surface area contributed by atoms with Crippen LogP contribution in [0.25, 0.3) is 0 Å². The summed E-state index contributed by atoms with van der Waals surface area (Å²) in [6.07, 6.45) is 7.25. The molecular weight excluding hydrogens is 192 g/mol. The highest BCUT2D eigenvalue weighted by atomic mass is 16.3. The minimum absolute atomic E-state index is 0.0434. The van der Waals surface area contributed by atoms with Crippen LogP contribution in [0.15, 0.2) is 0 Å². The van der Waals surface area contributed by atoms with Gasteiger partial charge in [-0.1, -0.05) is 13.3 Å². The lowest BCUT2D eigenvalue weighted by atomic mass is 10.2. The summed E-state index contributed by atoms with van der Waals surface area (Å²) in [5, 5.41) is 8.82. The van der Waals surface area contributed by atoms with Gasteiger partial charge in [0.1, 0.15) is 0 Å². The number of aliphatic hydroxyl groups excluding tert-OH is 1. The number of nitrogens with two attached hydrogens (primary N) is 1. The maximum Gasteiger partial charge on any atom is 0.240 e. The number of unbranched alkanes of at least 4 members (excludes halogenated alkanes) is 1. The fraction of sp³-hybridized carbons (Fsp3) is 0.727. The zero-order chi connectivity index (χ0) is 11.7. The van der Waals surface area contributed by atoms with Crippen LogP contribution in [0, 0.1) is 12.3 Å². The van der Waals surface area contributed by atoms with Gasteiger partial charge in [0, 0.05) is 19.5 Å². The van der Waals surface area contributed by atoms with Gasteiger partial charge in [0.05, 0.1) is 12.6 Å². The molecule has 1 unspecified atom stereocenters. The minimum atomic E-state index is -0.640. The Morgan fingerprint density at radius 3 is 2.73 bits per heavy atom. The van der Waals surface area contributed by atoms with Crippen molar-refractivity contribution >= 4 is 5.91 Å². The van der Waals surface area contributed by atoms with Crippen LogP contribution in [0.4, 0.5) is 0 Å². The molecule has 0 aliphatic rings. The van der Waals surface area contributed by atoms with Gasteiger partial charge in [-0.05, 0) is 6.42 Å². The van der Waals surface area contributed by atoms with E-state index in [9.17, 15) is 4.79 Å². The van der Waals surface area contributed by atoms with E-state index in [1.807, 2.05) is 6.92 Å². The largest absolute Gasteiger partial charge is 0.395 e. The second-order valence-electron chi connectivity index (χ2n) is 3.42. The summed E-state index contributed by atoms with van der Waals surface area (Å²) in [6, 6.07) is -0.640. The van der Waals surface area contributed by atoms with Crippen LogP contribution < -0.4 is 5.73 Å². The molecule has 86 valence electrons. The SMILES string of the molecule is C#CCC(N)C(=O)N(CCO)CCCC. The van der Waals surface area contributed by atoms with Gasteiger partial charge < -0.3 is 15.7 Å². The molecule has 0 bridgehead atoms. The van der Waals surface area contributed by atoms with Crippen molar-refractivity contribution in [1.82, 2.24) is 4.90 Å². The Balaban J connectivity index is 4.21.